The van der Waals surface area contributed by atoms with E-state index in [1.807, 2.05) is 19.9 Å². The minimum Gasteiger partial charge on any atom is -0.507 e. The molecule has 0 heterocycles. The van der Waals surface area contributed by atoms with Gasteiger partial charge in [-0.1, -0.05) is 19.9 Å². The molecule has 0 unspecified atom stereocenters. The molecular formula is C24H32O7. The van der Waals surface area contributed by atoms with E-state index < -0.39 is 23.1 Å². The fourth-order valence-corrected chi connectivity index (χ4v) is 6.40. The Labute approximate surface area is 182 Å². The molecule has 0 aromatic heterocycles. The van der Waals surface area contributed by atoms with E-state index in [4.69, 9.17) is 9.47 Å². The van der Waals surface area contributed by atoms with Crippen molar-refractivity contribution in [2.45, 2.75) is 51.7 Å². The van der Waals surface area contributed by atoms with Gasteiger partial charge in [0.2, 0.25) is 0 Å². The van der Waals surface area contributed by atoms with Gasteiger partial charge < -0.3 is 29.9 Å². The highest BCUT2D eigenvalue weighted by atomic mass is 16.6. The molecule has 0 bridgehead atoms. The van der Waals surface area contributed by atoms with Crippen molar-refractivity contribution in [3.63, 3.8) is 0 Å². The lowest BCUT2D eigenvalue weighted by molar-refractivity contribution is -0.250. The van der Waals surface area contributed by atoms with E-state index in [-0.39, 0.29) is 41.8 Å². The molecule has 31 heavy (non-hydrogen) atoms. The topological polar surface area (TPSA) is 116 Å². The number of benzene rings is 1. The highest BCUT2D eigenvalue weighted by Crippen LogP contribution is 2.68. The summed E-state index contributed by atoms with van der Waals surface area (Å²) in [6.45, 7) is 5.46. The fourth-order valence-electron chi connectivity index (χ4n) is 6.40. The standard InChI is InChI=1S/C24H32O7/c1-13-5-16(30-4)7-18(27)20(13)21(28)31-19-10-23(3)17-9-22(2,12-26)8-14(17)6-15(11-25)24(19,23)29/h5-7,14,17,19,25-27,29H,8-12H2,1-4H3/t14-,17+,19-,22-,23-,24-/m1/s1. The van der Waals surface area contributed by atoms with Crippen molar-refractivity contribution in [3.8, 4) is 11.5 Å². The van der Waals surface area contributed by atoms with Crippen molar-refractivity contribution in [2.75, 3.05) is 20.3 Å². The number of fused-ring (bicyclic) bond motifs is 3. The molecule has 2 fully saturated rings. The number of phenols is 1. The minimum atomic E-state index is -1.48. The Kier molecular flexibility index (Phi) is 5.15. The summed E-state index contributed by atoms with van der Waals surface area (Å²) in [5.41, 5.74) is -1.26. The summed E-state index contributed by atoms with van der Waals surface area (Å²) in [7, 11) is 1.47. The summed E-state index contributed by atoms with van der Waals surface area (Å²) in [4.78, 5) is 12.9. The van der Waals surface area contributed by atoms with Gasteiger partial charge in [0.25, 0.3) is 0 Å². The highest BCUT2D eigenvalue weighted by molar-refractivity contribution is 5.94. The van der Waals surface area contributed by atoms with Gasteiger partial charge in [-0.2, -0.15) is 0 Å². The molecule has 3 aliphatic carbocycles. The molecule has 7 nitrogen and oxygen atoms in total. The van der Waals surface area contributed by atoms with Crippen LogP contribution in [0.4, 0.5) is 0 Å². The molecule has 6 atom stereocenters. The monoisotopic (exact) mass is 432 g/mol. The Balaban J connectivity index is 1.63. The number of phenolic OH excluding ortho intramolecular Hbond substituents is 1. The SMILES string of the molecule is COc1cc(C)c(C(=O)O[C@@H]2C[C@]3(C)[C@H]4C[C@](C)(CO)C[C@H]4C=C(CO)[C@@]23O)c(O)c1. The summed E-state index contributed by atoms with van der Waals surface area (Å²) in [5.74, 6) is -0.250. The average Bonchev–Trinajstić information content (AvgIpc) is 3.07. The number of hydrogen-bond donors (Lipinski definition) is 4. The molecule has 7 heteroatoms. The number of aliphatic hydroxyl groups excluding tert-OH is 2. The quantitative estimate of drug-likeness (QED) is 0.417. The maximum absolute atomic E-state index is 12.9. The van der Waals surface area contributed by atoms with Crippen molar-refractivity contribution in [1.29, 1.82) is 0 Å². The van der Waals surface area contributed by atoms with Gasteiger partial charge in [-0.15, -0.1) is 0 Å². The van der Waals surface area contributed by atoms with Crippen LogP contribution in [-0.4, -0.2) is 58.4 Å². The lowest BCUT2D eigenvalue weighted by atomic mass is 9.44. The van der Waals surface area contributed by atoms with Crippen molar-refractivity contribution < 1.29 is 34.7 Å². The number of aryl methyl sites for hydroxylation is 1. The number of hydrogen-bond acceptors (Lipinski definition) is 7. The van der Waals surface area contributed by atoms with Gasteiger partial charge in [0, 0.05) is 18.1 Å². The first-order valence-corrected chi connectivity index (χ1v) is 10.8. The van der Waals surface area contributed by atoms with Gasteiger partial charge in [-0.25, -0.2) is 4.79 Å². The van der Waals surface area contributed by atoms with Crippen LogP contribution in [0.2, 0.25) is 0 Å². The third-order valence-electron chi connectivity index (χ3n) is 8.16. The Morgan fingerprint density at radius 1 is 1.19 bits per heavy atom. The maximum atomic E-state index is 12.9. The van der Waals surface area contributed by atoms with E-state index >= 15 is 0 Å². The van der Waals surface area contributed by atoms with Crippen LogP contribution >= 0.6 is 0 Å². The van der Waals surface area contributed by atoms with Crippen LogP contribution in [0.3, 0.4) is 0 Å². The molecule has 170 valence electrons. The lowest BCUT2D eigenvalue weighted by Gasteiger charge is -2.65. The number of aromatic hydroxyl groups is 1. The Hall–Kier alpha value is -2.09. The Bertz CT molecular complexity index is 917. The van der Waals surface area contributed by atoms with Crippen molar-refractivity contribution in [1.82, 2.24) is 0 Å². The lowest BCUT2D eigenvalue weighted by Crippen LogP contribution is -2.73. The molecule has 4 rings (SSSR count). The van der Waals surface area contributed by atoms with Gasteiger partial charge in [0.1, 0.15) is 28.8 Å². The van der Waals surface area contributed by atoms with Gasteiger partial charge >= 0.3 is 5.97 Å². The van der Waals surface area contributed by atoms with Crippen LogP contribution in [0.5, 0.6) is 11.5 Å². The predicted octanol–water partition coefficient (Wildman–Crippen LogP) is 2.33. The number of allylic oxidation sites excluding steroid dienone is 1. The largest absolute Gasteiger partial charge is 0.507 e. The first kappa shape index (κ1) is 22.1. The Morgan fingerprint density at radius 3 is 2.48 bits per heavy atom. The summed E-state index contributed by atoms with van der Waals surface area (Å²) in [6.07, 6.45) is 3.11. The zero-order chi connectivity index (χ0) is 22.8. The molecule has 0 saturated heterocycles. The zero-order valence-electron chi connectivity index (χ0n) is 18.5. The second-order valence-corrected chi connectivity index (χ2v) is 10.1. The van der Waals surface area contributed by atoms with E-state index in [9.17, 15) is 25.2 Å². The molecule has 0 radical (unpaired) electrons. The number of carbonyl (C=O) groups is 1. The van der Waals surface area contributed by atoms with Gasteiger partial charge in [-0.05, 0) is 60.6 Å². The van der Waals surface area contributed by atoms with Crippen LogP contribution in [0, 0.1) is 29.6 Å². The number of esters is 1. The second-order valence-electron chi connectivity index (χ2n) is 10.1. The molecular weight excluding hydrogens is 400 g/mol. The van der Waals surface area contributed by atoms with Crippen molar-refractivity contribution in [2.24, 2.45) is 22.7 Å². The summed E-state index contributed by atoms with van der Waals surface area (Å²) < 4.78 is 10.8. The number of ether oxygens (including phenoxy) is 2. The molecule has 1 aromatic carbocycles. The van der Waals surface area contributed by atoms with Crippen molar-refractivity contribution in [3.05, 3.63) is 34.9 Å². The van der Waals surface area contributed by atoms with E-state index in [1.165, 1.54) is 13.2 Å². The molecule has 0 amide bonds. The number of methoxy groups -OCH3 is 1. The first-order chi connectivity index (χ1) is 14.5. The molecule has 3 aliphatic rings. The number of rotatable bonds is 5. The summed E-state index contributed by atoms with van der Waals surface area (Å²) in [6, 6.07) is 2.98. The van der Waals surface area contributed by atoms with Crippen LogP contribution in [-0.2, 0) is 4.74 Å². The van der Waals surface area contributed by atoms with Gasteiger partial charge in [-0.3, -0.25) is 0 Å². The zero-order valence-corrected chi connectivity index (χ0v) is 18.5. The van der Waals surface area contributed by atoms with Gasteiger partial charge in [0.15, 0.2) is 0 Å². The second kappa shape index (κ2) is 7.22. The van der Waals surface area contributed by atoms with Crippen LogP contribution in [0.25, 0.3) is 0 Å². The van der Waals surface area contributed by atoms with Crippen molar-refractivity contribution >= 4 is 5.97 Å². The van der Waals surface area contributed by atoms with E-state index in [0.717, 1.165) is 12.8 Å². The minimum absolute atomic E-state index is 0.0370. The normalized spacial score (nSPS) is 38.5. The number of carbonyl (C=O) groups excluding carboxylic acids is 1. The molecule has 0 spiro atoms. The first-order valence-electron chi connectivity index (χ1n) is 10.8. The van der Waals surface area contributed by atoms with E-state index in [1.54, 1.807) is 13.0 Å². The molecule has 0 aliphatic heterocycles. The molecule has 2 saturated carbocycles. The smallest absolute Gasteiger partial charge is 0.342 e. The average molecular weight is 433 g/mol. The van der Waals surface area contributed by atoms with Crippen LogP contribution < -0.4 is 4.74 Å². The summed E-state index contributed by atoms with van der Waals surface area (Å²) >= 11 is 0. The molecule has 4 N–H and O–H groups in total. The fraction of sp³-hybridized carbons (Fsp3) is 0.625. The van der Waals surface area contributed by atoms with Crippen LogP contribution in [0.15, 0.2) is 23.8 Å². The van der Waals surface area contributed by atoms with Gasteiger partial charge in [0.05, 0.1) is 13.7 Å². The highest BCUT2D eigenvalue weighted by Gasteiger charge is 2.72. The summed E-state index contributed by atoms with van der Waals surface area (Å²) in [5, 5.41) is 42.0. The third-order valence-corrected chi connectivity index (χ3v) is 8.16. The van der Waals surface area contributed by atoms with E-state index in [2.05, 4.69) is 0 Å². The Morgan fingerprint density at radius 2 is 1.90 bits per heavy atom. The third kappa shape index (κ3) is 3.01. The number of aliphatic hydroxyl groups is 3. The molecule has 1 aromatic rings. The predicted molar refractivity (Wildman–Crippen MR) is 113 cm³/mol. The maximum Gasteiger partial charge on any atom is 0.342 e. The van der Waals surface area contributed by atoms with E-state index in [0.29, 0.717) is 23.3 Å². The van der Waals surface area contributed by atoms with Crippen LogP contribution in [0.1, 0.15) is 49.0 Å².